The number of nitrogens with one attached hydrogen (secondary N) is 1. The van der Waals surface area contributed by atoms with Crippen molar-refractivity contribution >= 4 is 0 Å². The molecule has 0 saturated carbocycles. The summed E-state index contributed by atoms with van der Waals surface area (Å²) in [6.07, 6.45) is 11.7. The number of aromatic nitrogens is 1. The van der Waals surface area contributed by atoms with Crippen molar-refractivity contribution in [1.29, 1.82) is 0 Å². The van der Waals surface area contributed by atoms with Gasteiger partial charge in [-0.3, -0.25) is 6.58 Å². The minimum Gasteiger partial charge on any atom is -0.484 e. The SMILES string of the molecule is [CH-]=CC=CC.[CH2-]CC.[CH2-]CC.[Ru+4].[c-]1ccc[nH]1. The van der Waals surface area contributed by atoms with Crippen molar-refractivity contribution in [3.8, 4) is 0 Å². The van der Waals surface area contributed by atoms with Crippen LogP contribution in [0.25, 0.3) is 0 Å². The summed E-state index contributed by atoms with van der Waals surface area (Å²) in [6, 6.07) is 3.71. The molecule has 2 heteroatoms. The van der Waals surface area contributed by atoms with Crippen molar-refractivity contribution in [2.24, 2.45) is 0 Å². The van der Waals surface area contributed by atoms with Gasteiger partial charge in [0.1, 0.15) is 0 Å². The van der Waals surface area contributed by atoms with Gasteiger partial charge in [0.15, 0.2) is 0 Å². The third kappa shape index (κ3) is 67.6. The fourth-order valence-corrected chi connectivity index (χ4v) is 0.352. The summed E-state index contributed by atoms with van der Waals surface area (Å²) < 4.78 is 0. The second-order valence-electron chi connectivity index (χ2n) is 2.53. The molecule has 1 heterocycles. The fraction of sp³-hybridized carbons (Fsp3) is 0.333. The van der Waals surface area contributed by atoms with Crippen LogP contribution in [0.2, 0.25) is 0 Å². The Labute approximate surface area is 121 Å². The monoisotopic (exact) mass is 321 g/mol. The molecule has 1 N–H and O–H groups in total. The Morgan fingerprint density at radius 2 is 1.76 bits per heavy atom. The van der Waals surface area contributed by atoms with Gasteiger partial charge in [0.2, 0.25) is 0 Å². The number of H-pyrrole nitrogens is 1. The van der Waals surface area contributed by atoms with Crippen LogP contribution in [0.3, 0.4) is 0 Å². The van der Waals surface area contributed by atoms with Gasteiger partial charge in [0, 0.05) is 0 Å². The molecule has 0 fully saturated rings. The van der Waals surface area contributed by atoms with Gasteiger partial charge in [0.05, 0.1) is 0 Å². The van der Waals surface area contributed by atoms with Crippen LogP contribution in [-0.4, -0.2) is 4.98 Å². The molecule has 1 aromatic rings. The Morgan fingerprint density at radius 1 is 1.29 bits per heavy atom. The Hall–Kier alpha value is -0.617. The number of rotatable bonds is 1. The van der Waals surface area contributed by atoms with Gasteiger partial charge in [-0.05, 0) is 0 Å². The molecule has 0 atom stereocenters. The van der Waals surface area contributed by atoms with Gasteiger partial charge in [-0.25, -0.2) is 12.2 Å². The van der Waals surface area contributed by atoms with E-state index in [1.807, 2.05) is 45.2 Å². The molecule has 0 spiro atoms. The van der Waals surface area contributed by atoms with Gasteiger partial charge < -0.3 is 18.8 Å². The van der Waals surface area contributed by atoms with Gasteiger partial charge in [-0.2, -0.15) is 37.2 Å². The molecule has 0 unspecified atom stereocenters. The van der Waals surface area contributed by atoms with E-state index in [4.69, 9.17) is 6.58 Å². The Balaban J connectivity index is -0.0000000673. The van der Waals surface area contributed by atoms with E-state index >= 15 is 0 Å². The topological polar surface area (TPSA) is 15.8 Å². The van der Waals surface area contributed by atoms with Crippen molar-refractivity contribution < 1.29 is 19.5 Å². The van der Waals surface area contributed by atoms with E-state index < -0.39 is 0 Å². The zero-order valence-corrected chi connectivity index (χ0v) is 13.0. The van der Waals surface area contributed by atoms with Crippen LogP contribution in [0, 0.1) is 26.6 Å². The van der Waals surface area contributed by atoms with Crippen LogP contribution in [0.15, 0.2) is 36.6 Å². The first-order chi connectivity index (χ1) is 7.74. The molecule has 98 valence electrons. The van der Waals surface area contributed by atoms with Crippen LogP contribution in [0.4, 0.5) is 0 Å². The van der Waals surface area contributed by atoms with E-state index in [-0.39, 0.29) is 19.5 Å². The molecular weight excluding hydrogens is 295 g/mol. The number of aromatic amines is 1. The van der Waals surface area contributed by atoms with Crippen molar-refractivity contribution in [2.45, 2.75) is 33.6 Å². The smallest absolute Gasteiger partial charge is 0.484 e. The first-order valence-corrected chi connectivity index (χ1v) is 5.49. The van der Waals surface area contributed by atoms with E-state index in [0.29, 0.717) is 0 Å². The molecule has 0 aromatic carbocycles. The van der Waals surface area contributed by atoms with Crippen LogP contribution < -0.4 is 0 Å². The van der Waals surface area contributed by atoms with Crippen molar-refractivity contribution in [1.82, 2.24) is 4.98 Å². The number of allylic oxidation sites excluding steroid dienone is 3. The average molecular weight is 320 g/mol. The molecule has 0 aliphatic heterocycles. The molecule has 0 amide bonds. The van der Waals surface area contributed by atoms with Gasteiger partial charge >= 0.3 is 19.5 Å². The summed E-state index contributed by atoms with van der Waals surface area (Å²) in [6.45, 7) is 17.8. The molecule has 1 aromatic heterocycles. The third-order valence-corrected chi connectivity index (χ3v) is 0.746. The predicted molar refractivity (Wildman–Crippen MR) is 74.6 cm³/mol. The second-order valence-corrected chi connectivity index (χ2v) is 2.53. The van der Waals surface area contributed by atoms with Crippen molar-refractivity contribution in [3.63, 3.8) is 0 Å². The molecule has 1 rings (SSSR count). The van der Waals surface area contributed by atoms with E-state index in [2.05, 4.69) is 25.0 Å². The molecule has 1 nitrogen and oxygen atoms in total. The summed E-state index contributed by atoms with van der Waals surface area (Å²) in [7, 11) is 0. The molecule has 0 aliphatic rings. The minimum absolute atomic E-state index is 0. The molecule has 17 heavy (non-hydrogen) atoms. The van der Waals surface area contributed by atoms with Gasteiger partial charge in [-0.15, -0.1) is 6.20 Å². The summed E-state index contributed by atoms with van der Waals surface area (Å²) in [5, 5.41) is 0. The average Bonchev–Trinajstić information content (AvgIpc) is 2.79. The maximum Gasteiger partial charge on any atom is 4.00 e. The standard InChI is InChI=1S/C5H7.C4H4N.2C3H7.Ru/c1-3-5-4-2;1-2-4-5-3-1;2*1-3-2;/h1,3-5H,2H3;1-3,5H;2*1,3H2,2H3;/q4*-1;+4. The van der Waals surface area contributed by atoms with E-state index in [0.717, 1.165) is 12.8 Å². The molecular formula is C15H25NRu. The fourth-order valence-electron chi connectivity index (χ4n) is 0.352. The van der Waals surface area contributed by atoms with Crippen molar-refractivity contribution in [2.75, 3.05) is 0 Å². The molecule has 0 radical (unpaired) electrons. The van der Waals surface area contributed by atoms with E-state index in [9.17, 15) is 0 Å². The molecule has 0 aliphatic carbocycles. The quantitative estimate of drug-likeness (QED) is 0.433. The summed E-state index contributed by atoms with van der Waals surface area (Å²) in [4.78, 5) is 2.74. The zero-order valence-electron chi connectivity index (χ0n) is 11.2. The molecule has 0 bridgehead atoms. The second kappa shape index (κ2) is 36.1. The van der Waals surface area contributed by atoms with Crippen LogP contribution in [-0.2, 0) is 19.5 Å². The maximum atomic E-state index is 4.93. The Bertz CT molecular complexity index is 171. The van der Waals surface area contributed by atoms with Crippen molar-refractivity contribution in [3.05, 3.63) is 63.2 Å². The summed E-state index contributed by atoms with van der Waals surface area (Å²) in [5.74, 6) is 0. The first-order valence-electron chi connectivity index (χ1n) is 5.49. The summed E-state index contributed by atoms with van der Waals surface area (Å²) in [5.41, 5.74) is 0. The van der Waals surface area contributed by atoms with Gasteiger partial charge in [0.25, 0.3) is 0 Å². The minimum atomic E-state index is 0. The normalized spacial score (nSPS) is 7.12. The number of hydrogen-bond acceptors (Lipinski definition) is 0. The largest absolute Gasteiger partial charge is 4.00 e. The van der Waals surface area contributed by atoms with Gasteiger partial charge in [-0.1, -0.05) is 20.8 Å². The zero-order chi connectivity index (χ0) is 13.1. The maximum absolute atomic E-state index is 4.93. The number of hydrogen-bond donors (Lipinski definition) is 1. The van der Waals surface area contributed by atoms with Crippen LogP contribution >= 0.6 is 0 Å². The first kappa shape index (κ1) is 25.3. The Kier molecular flexibility index (Phi) is 53.8. The Morgan fingerprint density at radius 3 is 1.82 bits per heavy atom. The van der Waals surface area contributed by atoms with E-state index in [1.165, 1.54) is 6.08 Å². The molecule has 0 saturated heterocycles. The van der Waals surface area contributed by atoms with Crippen LogP contribution in [0.5, 0.6) is 0 Å². The predicted octanol–water partition coefficient (Wildman–Crippen LogP) is 4.83. The summed E-state index contributed by atoms with van der Waals surface area (Å²) >= 11 is 0. The van der Waals surface area contributed by atoms with Crippen LogP contribution in [0.1, 0.15) is 33.6 Å². The third-order valence-electron chi connectivity index (χ3n) is 0.746. The van der Waals surface area contributed by atoms with E-state index in [1.54, 1.807) is 6.08 Å².